The van der Waals surface area contributed by atoms with Crippen molar-refractivity contribution in [3.63, 3.8) is 0 Å². The molecule has 1 atom stereocenters. The van der Waals surface area contributed by atoms with Crippen LogP contribution in [0.2, 0.25) is 0 Å². The Morgan fingerprint density at radius 2 is 2.12 bits per heavy atom. The fourth-order valence-electron chi connectivity index (χ4n) is 3.40. The molecular weight excluding hydrogens is 300 g/mol. The van der Waals surface area contributed by atoms with Crippen molar-refractivity contribution in [3.8, 4) is 11.4 Å². The fourth-order valence-corrected chi connectivity index (χ4v) is 3.40. The average Bonchev–Trinajstić information content (AvgIpc) is 3.02. The number of nitrogens with one attached hydrogen (secondary N) is 1. The summed E-state index contributed by atoms with van der Waals surface area (Å²) in [5.41, 5.74) is 2.27. The van der Waals surface area contributed by atoms with Crippen LogP contribution in [-0.4, -0.2) is 40.1 Å². The summed E-state index contributed by atoms with van der Waals surface area (Å²) in [4.78, 5) is 18.9. The van der Waals surface area contributed by atoms with Gasteiger partial charge in [0.15, 0.2) is 0 Å². The van der Waals surface area contributed by atoms with Gasteiger partial charge in [-0.1, -0.05) is 37.3 Å². The molecule has 1 unspecified atom stereocenters. The standard InChI is InChI=1S/C19H26N4O/c1-3-11-20-19(24)22-12-7-10-17(14-22)23-15(2)13-21-18(23)16-8-5-4-6-9-16/h4-6,8-9,13,17H,3,7,10-12,14H2,1-2H3,(H,20,24). The molecule has 5 nitrogen and oxygen atoms in total. The van der Waals surface area contributed by atoms with Gasteiger partial charge in [0, 0.05) is 37.1 Å². The van der Waals surface area contributed by atoms with Gasteiger partial charge in [-0.3, -0.25) is 0 Å². The Hall–Kier alpha value is -2.30. The lowest BCUT2D eigenvalue weighted by molar-refractivity contribution is 0.167. The van der Waals surface area contributed by atoms with Crippen molar-refractivity contribution in [1.82, 2.24) is 19.8 Å². The van der Waals surface area contributed by atoms with Gasteiger partial charge in [0.2, 0.25) is 0 Å². The highest BCUT2D eigenvalue weighted by Gasteiger charge is 2.27. The van der Waals surface area contributed by atoms with E-state index in [4.69, 9.17) is 0 Å². The van der Waals surface area contributed by atoms with Crippen LogP contribution in [0.1, 0.15) is 37.9 Å². The van der Waals surface area contributed by atoms with E-state index in [1.807, 2.05) is 29.3 Å². The third-order valence-corrected chi connectivity index (χ3v) is 4.59. The van der Waals surface area contributed by atoms with Crippen LogP contribution in [0.5, 0.6) is 0 Å². The molecule has 0 radical (unpaired) electrons. The number of hydrogen-bond donors (Lipinski definition) is 1. The van der Waals surface area contributed by atoms with Gasteiger partial charge >= 0.3 is 6.03 Å². The van der Waals surface area contributed by atoms with Gasteiger partial charge in [-0.25, -0.2) is 9.78 Å². The number of likely N-dealkylation sites (tertiary alicyclic amines) is 1. The minimum atomic E-state index is 0.0561. The summed E-state index contributed by atoms with van der Waals surface area (Å²) in [5.74, 6) is 0.994. The predicted octanol–water partition coefficient (Wildman–Crippen LogP) is 3.62. The summed E-state index contributed by atoms with van der Waals surface area (Å²) >= 11 is 0. The third-order valence-electron chi connectivity index (χ3n) is 4.59. The van der Waals surface area contributed by atoms with Gasteiger partial charge in [0.05, 0.1) is 6.04 Å². The van der Waals surface area contributed by atoms with Gasteiger partial charge in [-0.2, -0.15) is 0 Å². The second-order valence-electron chi connectivity index (χ2n) is 6.43. The van der Waals surface area contributed by atoms with Gasteiger partial charge in [0.25, 0.3) is 0 Å². The second kappa shape index (κ2) is 7.51. The number of aryl methyl sites for hydroxylation is 1. The van der Waals surface area contributed by atoms with E-state index in [2.05, 4.69) is 40.8 Å². The van der Waals surface area contributed by atoms with E-state index in [1.54, 1.807) is 0 Å². The number of carbonyl (C=O) groups is 1. The summed E-state index contributed by atoms with van der Waals surface area (Å²) in [6.07, 6.45) is 4.99. The van der Waals surface area contributed by atoms with Gasteiger partial charge in [-0.15, -0.1) is 0 Å². The summed E-state index contributed by atoms with van der Waals surface area (Å²) < 4.78 is 2.30. The van der Waals surface area contributed by atoms with E-state index in [-0.39, 0.29) is 12.1 Å². The quantitative estimate of drug-likeness (QED) is 0.933. The number of benzene rings is 1. The number of urea groups is 1. The summed E-state index contributed by atoms with van der Waals surface area (Å²) in [5, 5.41) is 2.99. The van der Waals surface area contributed by atoms with E-state index in [0.717, 1.165) is 56.0 Å². The van der Waals surface area contributed by atoms with Crippen LogP contribution in [0, 0.1) is 6.92 Å². The Bertz CT molecular complexity index is 680. The lowest BCUT2D eigenvalue weighted by Gasteiger charge is -2.34. The van der Waals surface area contributed by atoms with Crippen molar-refractivity contribution in [1.29, 1.82) is 0 Å². The van der Waals surface area contributed by atoms with Crippen LogP contribution < -0.4 is 5.32 Å². The summed E-state index contributed by atoms with van der Waals surface area (Å²) in [7, 11) is 0. The first-order valence-corrected chi connectivity index (χ1v) is 8.82. The first-order valence-electron chi connectivity index (χ1n) is 8.82. The van der Waals surface area contributed by atoms with Crippen LogP contribution in [0.4, 0.5) is 4.79 Å². The van der Waals surface area contributed by atoms with Crippen LogP contribution in [0.15, 0.2) is 36.5 Å². The van der Waals surface area contributed by atoms with Crippen molar-refractivity contribution >= 4 is 6.03 Å². The Balaban J connectivity index is 1.81. The molecule has 24 heavy (non-hydrogen) atoms. The molecular formula is C19H26N4O. The molecule has 1 saturated heterocycles. The third kappa shape index (κ3) is 3.45. The molecule has 1 aliphatic rings. The first kappa shape index (κ1) is 16.6. The zero-order valence-electron chi connectivity index (χ0n) is 14.5. The molecule has 0 spiro atoms. The van der Waals surface area contributed by atoms with E-state index < -0.39 is 0 Å². The fraction of sp³-hybridized carbons (Fsp3) is 0.474. The molecule has 3 rings (SSSR count). The van der Waals surface area contributed by atoms with Crippen molar-refractivity contribution < 1.29 is 4.79 Å². The number of nitrogens with zero attached hydrogens (tertiary/aromatic N) is 3. The Morgan fingerprint density at radius 1 is 1.33 bits per heavy atom. The molecule has 1 aliphatic heterocycles. The number of amides is 2. The molecule has 128 valence electrons. The van der Waals surface area contributed by atoms with Crippen molar-refractivity contribution in [3.05, 3.63) is 42.2 Å². The highest BCUT2D eigenvalue weighted by atomic mass is 16.2. The number of piperidine rings is 1. The number of hydrogen-bond acceptors (Lipinski definition) is 2. The second-order valence-corrected chi connectivity index (χ2v) is 6.43. The Morgan fingerprint density at radius 3 is 2.88 bits per heavy atom. The van der Waals surface area contributed by atoms with Gasteiger partial charge < -0.3 is 14.8 Å². The average molecular weight is 326 g/mol. The van der Waals surface area contributed by atoms with Crippen LogP contribution in [0.25, 0.3) is 11.4 Å². The molecule has 1 aromatic heterocycles. The highest BCUT2D eigenvalue weighted by Crippen LogP contribution is 2.29. The molecule has 2 aromatic rings. The first-order chi connectivity index (χ1) is 11.7. The lowest BCUT2D eigenvalue weighted by atomic mass is 10.0. The number of rotatable bonds is 4. The molecule has 0 saturated carbocycles. The smallest absolute Gasteiger partial charge is 0.317 e. The monoisotopic (exact) mass is 326 g/mol. The van der Waals surface area contributed by atoms with E-state index >= 15 is 0 Å². The van der Waals surface area contributed by atoms with E-state index in [1.165, 1.54) is 0 Å². The van der Waals surface area contributed by atoms with Crippen molar-refractivity contribution in [2.45, 2.75) is 39.2 Å². The SMILES string of the molecule is CCCNC(=O)N1CCCC(n2c(C)cnc2-c2ccccc2)C1. The van der Waals surface area contributed by atoms with Crippen LogP contribution in [-0.2, 0) is 0 Å². The largest absolute Gasteiger partial charge is 0.338 e. The molecule has 5 heteroatoms. The minimum Gasteiger partial charge on any atom is -0.338 e. The van der Waals surface area contributed by atoms with Crippen LogP contribution in [0.3, 0.4) is 0 Å². The zero-order valence-corrected chi connectivity index (χ0v) is 14.5. The molecule has 1 fully saturated rings. The topological polar surface area (TPSA) is 50.2 Å². The maximum atomic E-state index is 12.3. The summed E-state index contributed by atoms with van der Waals surface area (Å²) in [6.45, 7) is 6.47. The molecule has 2 heterocycles. The molecule has 0 bridgehead atoms. The molecule has 2 amide bonds. The van der Waals surface area contributed by atoms with Crippen molar-refractivity contribution in [2.24, 2.45) is 0 Å². The Labute approximate surface area is 143 Å². The maximum absolute atomic E-state index is 12.3. The highest BCUT2D eigenvalue weighted by molar-refractivity contribution is 5.74. The number of aromatic nitrogens is 2. The summed E-state index contributed by atoms with van der Waals surface area (Å²) in [6, 6.07) is 10.6. The van der Waals surface area contributed by atoms with E-state index in [0.29, 0.717) is 0 Å². The number of imidazole rings is 1. The predicted molar refractivity (Wildman–Crippen MR) is 95.9 cm³/mol. The van der Waals surface area contributed by atoms with Crippen molar-refractivity contribution in [2.75, 3.05) is 19.6 Å². The molecule has 1 aromatic carbocycles. The van der Waals surface area contributed by atoms with Gasteiger partial charge in [-0.05, 0) is 26.2 Å². The normalized spacial score (nSPS) is 17.8. The van der Waals surface area contributed by atoms with E-state index in [9.17, 15) is 4.79 Å². The van der Waals surface area contributed by atoms with Gasteiger partial charge in [0.1, 0.15) is 5.82 Å². The zero-order chi connectivity index (χ0) is 16.9. The maximum Gasteiger partial charge on any atom is 0.317 e. The number of carbonyl (C=O) groups excluding carboxylic acids is 1. The molecule has 0 aliphatic carbocycles. The van der Waals surface area contributed by atoms with Crippen LogP contribution >= 0.6 is 0 Å². The lowest BCUT2D eigenvalue weighted by Crippen LogP contribution is -2.46. The molecule has 1 N–H and O–H groups in total. The minimum absolute atomic E-state index is 0.0561. The Kier molecular flexibility index (Phi) is 5.18.